The van der Waals surface area contributed by atoms with Gasteiger partial charge in [-0.2, -0.15) is 0 Å². The summed E-state index contributed by atoms with van der Waals surface area (Å²) in [5.41, 5.74) is 4.32. The Hall–Kier alpha value is -2.99. The Morgan fingerprint density at radius 1 is 1.19 bits per heavy atom. The molecule has 138 valence electrons. The topological polar surface area (TPSA) is 72.6 Å². The molecule has 0 aliphatic carbocycles. The predicted octanol–water partition coefficient (Wildman–Crippen LogP) is 3.06. The molecule has 6 nitrogen and oxygen atoms in total. The lowest BCUT2D eigenvalue weighted by molar-refractivity contribution is -0.146. The van der Waals surface area contributed by atoms with E-state index in [9.17, 15) is 4.79 Å². The normalized spacial score (nSPS) is 20.5. The second-order valence-electron chi connectivity index (χ2n) is 6.78. The number of hydrogen-bond donors (Lipinski definition) is 2. The Labute approximate surface area is 156 Å². The molecule has 27 heavy (non-hydrogen) atoms. The van der Waals surface area contributed by atoms with Crippen LogP contribution in [0.1, 0.15) is 29.8 Å². The molecule has 0 spiro atoms. The van der Waals surface area contributed by atoms with Crippen molar-refractivity contribution in [2.24, 2.45) is 0 Å². The minimum absolute atomic E-state index is 0.162. The van der Waals surface area contributed by atoms with Gasteiger partial charge >= 0.3 is 5.97 Å². The van der Waals surface area contributed by atoms with Gasteiger partial charge in [0, 0.05) is 23.0 Å². The zero-order valence-electron chi connectivity index (χ0n) is 15.0. The van der Waals surface area contributed by atoms with Gasteiger partial charge in [0.15, 0.2) is 11.5 Å². The molecule has 0 bridgehead atoms. The minimum atomic E-state index is -0.396. The van der Waals surface area contributed by atoms with Gasteiger partial charge in [0.1, 0.15) is 6.04 Å². The third-order valence-electron chi connectivity index (χ3n) is 5.21. The van der Waals surface area contributed by atoms with Crippen molar-refractivity contribution < 1.29 is 19.0 Å². The maximum absolute atomic E-state index is 12.5. The number of carbonyl (C=O) groups excluding carboxylic acids is 1. The zero-order valence-corrected chi connectivity index (χ0v) is 15.0. The number of fused-ring (bicyclic) bond motifs is 4. The van der Waals surface area contributed by atoms with Gasteiger partial charge < -0.3 is 19.2 Å². The number of rotatable bonds is 3. The largest absolute Gasteiger partial charge is 0.465 e. The molecular weight excluding hydrogens is 344 g/mol. The summed E-state index contributed by atoms with van der Waals surface area (Å²) in [6, 6.07) is 13.5. The molecule has 0 saturated heterocycles. The first-order valence-electron chi connectivity index (χ1n) is 9.16. The molecule has 2 atom stereocenters. The number of ether oxygens (including phenoxy) is 3. The Morgan fingerprint density at radius 2 is 2.04 bits per heavy atom. The lowest BCUT2D eigenvalue weighted by atomic mass is 9.90. The zero-order chi connectivity index (χ0) is 18.4. The molecule has 2 aliphatic rings. The fourth-order valence-corrected chi connectivity index (χ4v) is 3.98. The molecule has 2 N–H and O–H groups in total. The number of hydrogen-bond acceptors (Lipinski definition) is 5. The molecule has 0 amide bonds. The highest BCUT2D eigenvalue weighted by molar-refractivity contribution is 5.87. The molecule has 0 fully saturated rings. The van der Waals surface area contributed by atoms with Crippen LogP contribution in [-0.4, -0.2) is 30.4 Å². The Kier molecular flexibility index (Phi) is 3.79. The van der Waals surface area contributed by atoms with Crippen molar-refractivity contribution in [3.8, 4) is 11.5 Å². The molecule has 0 saturated carbocycles. The summed E-state index contributed by atoms with van der Waals surface area (Å²) < 4.78 is 16.2. The fraction of sp³-hybridized carbons (Fsp3) is 0.286. The maximum atomic E-state index is 12.5. The van der Waals surface area contributed by atoms with Gasteiger partial charge in [0.25, 0.3) is 0 Å². The van der Waals surface area contributed by atoms with Gasteiger partial charge in [-0.25, -0.2) is 0 Å². The van der Waals surface area contributed by atoms with Crippen molar-refractivity contribution in [3.63, 3.8) is 0 Å². The van der Waals surface area contributed by atoms with E-state index in [0.717, 1.165) is 39.2 Å². The van der Waals surface area contributed by atoms with E-state index in [4.69, 9.17) is 14.2 Å². The number of aromatic nitrogens is 1. The van der Waals surface area contributed by atoms with Crippen LogP contribution in [0.15, 0.2) is 42.5 Å². The summed E-state index contributed by atoms with van der Waals surface area (Å²) >= 11 is 0. The van der Waals surface area contributed by atoms with Gasteiger partial charge in [-0.05, 0) is 36.2 Å². The highest BCUT2D eigenvalue weighted by Crippen LogP contribution is 2.39. The molecule has 2 aromatic carbocycles. The first-order valence-corrected chi connectivity index (χ1v) is 9.16. The van der Waals surface area contributed by atoms with E-state index in [1.54, 1.807) is 0 Å². The summed E-state index contributed by atoms with van der Waals surface area (Å²) in [5, 5.41) is 4.61. The number of H-pyrrole nitrogens is 1. The average molecular weight is 364 g/mol. The fourth-order valence-electron chi connectivity index (χ4n) is 3.98. The second-order valence-corrected chi connectivity index (χ2v) is 6.78. The van der Waals surface area contributed by atoms with Crippen LogP contribution in [0.25, 0.3) is 10.9 Å². The van der Waals surface area contributed by atoms with Crippen LogP contribution in [0, 0.1) is 0 Å². The van der Waals surface area contributed by atoms with Crippen molar-refractivity contribution in [2.75, 3.05) is 13.4 Å². The van der Waals surface area contributed by atoms with Crippen LogP contribution in [0.5, 0.6) is 11.5 Å². The standard InChI is InChI=1S/C21H20N2O4/c1-2-25-21(24)16-10-14-13-5-3-4-6-15(13)22-20(14)19(23-16)12-7-8-17-18(9-12)27-11-26-17/h3-9,16,19,22-23H,2,10-11H2,1H3. The van der Waals surface area contributed by atoms with E-state index in [1.807, 2.05) is 37.3 Å². The van der Waals surface area contributed by atoms with E-state index in [0.29, 0.717) is 13.0 Å². The van der Waals surface area contributed by atoms with Gasteiger partial charge in [-0.3, -0.25) is 10.1 Å². The van der Waals surface area contributed by atoms with Gasteiger partial charge in [-0.1, -0.05) is 24.3 Å². The van der Waals surface area contributed by atoms with Crippen molar-refractivity contribution in [1.29, 1.82) is 0 Å². The number of carbonyl (C=O) groups is 1. The van der Waals surface area contributed by atoms with Crippen LogP contribution < -0.4 is 14.8 Å². The lowest BCUT2D eigenvalue weighted by Crippen LogP contribution is -2.45. The third-order valence-corrected chi connectivity index (χ3v) is 5.21. The predicted molar refractivity (Wildman–Crippen MR) is 100.0 cm³/mol. The minimum Gasteiger partial charge on any atom is -0.465 e. The third kappa shape index (κ3) is 2.64. The summed E-state index contributed by atoms with van der Waals surface area (Å²) in [6.07, 6.45) is 0.596. The molecule has 3 heterocycles. The number of benzene rings is 2. The summed E-state index contributed by atoms with van der Waals surface area (Å²) in [6.45, 7) is 2.43. The highest BCUT2D eigenvalue weighted by atomic mass is 16.7. The molecular formula is C21H20N2O4. The molecule has 5 rings (SSSR count). The summed E-state index contributed by atoms with van der Waals surface area (Å²) in [7, 11) is 0. The molecule has 1 aromatic heterocycles. The van der Waals surface area contributed by atoms with Crippen LogP contribution in [0.4, 0.5) is 0 Å². The van der Waals surface area contributed by atoms with Crippen molar-refractivity contribution in [2.45, 2.75) is 25.4 Å². The summed E-state index contributed by atoms with van der Waals surface area (Å²) in [5.74, 6) is 1.25. The number of nitrogens with one attached hydrogen (secondary N) is 2. The smallest absolute Gasteiger partial charge is 0.323 e. The molecule has 3 aromatic rings. The van der Waals surface area contributed by atoms with Crippen LogP contribution in [0.3, 0.4) is 0 Å². The van der Waals surface area contributed by atoms with E-state index in [-0.39, 0.29) is 18.8 Å². The van der Waals surface area contributed by atoms with Gasteiger partial charge in [-0.15, -0.1) is 0 Å². The molecule has 2 unspecified atom stereocenters. The Morgan fingerprint density at radius 3 is 2.93 bits per heavy atom. The van der Waals surface area contributed by atoms with Crippen LogP contribution in [0.2, 0.25) is 0 Å². The van der Waals surface area contributed by atoms with Crippen LogP contribution >= 0.6 is 0 Å². The van der Waals surface area contributed by atoms with E-state index in [2.05, 4.69) is 22.4 Å². The number of para-hydroxylation sites is 1. The SMILES string of the molecule is CCOC(=O)C1Cc2c([nH]c3ccccc23)C(c2ccc3c(c2)OCO3)N1. The number of esters is 1. The monoisotopic (exact) mass is 364 g/mol. The van der Waals surface area contributed by atoms with Gasteiger partial charge in [0.2, 0.25) is 6.79 Å². The highest BCUT2D eigenvalue weighted by Gasteiger charge is 2.35. The first-order chi connectivity index (χ1) is 13.2. The van der Waals surface area contributed by atoms with Crippen molar-refractivity contribution in [3.05, 3.63) is 59.3 Å². The first kappa shape index (κ1) is 16.2. The van der Waals surface area contributed by atoms with Crippen molar-refractivity contribution in [1.82, 2.24) is 10.3 Å². The van der Waals surface area contributed by atoms with E-state index in [1.165, 1.54) is 0 Å². The average Bonchev–Trinajstić information content (AvgIpc) is 3.31. The quantitative estimate of drug-likeness (QED) is 0.699. The Bertz CT molecular complexity index is 1030. The molecule has 0 radical (unpaired) electrons. The summed E-state index contributed by atoms with van der Waals surface area (Å²) in [4.78, 5) is 16.0. The molecule has 2 aliphatic heterocycles. The second kappa shape index (κ2) is 6.32. The number of aromatic amines is 1. The van der Waals surface area contributed by atoms with Crippen LogP contribution in [-0.2, 0) is 16.0 Å². The van der Waals surface area contributed by atoms with E-state index < -0.39 is 6.04 Å². The molecule has 6 heteroatoms. The van der Waals surface area contributed by atoms with Gasteiger partial charge in [0.05, 0.1) is 12.6 Å². The van der Waals surface area contributed by atoms with E-state index >= 15 is 0 Å². The lowest BCUT2D eigenvalue weighted by Gasteiger charge is -2.30. The maximum Gasteiger partial charge on any atom is 0.323 e. The Balaban J connectivity index is 1.62. The van der Waals surface area contributed by atoms with Crippen molar-refractivity contribution >= 4 is 16.9 Å².